The Morgan fingerprint density at radius 1 is 0.280 bits per heavy atom. The third-order valence-corrected chi connectivity index (χ3v) is 12.6. The lowest BCUT2D eigenvalue weighted by molar-refractivity contribution is -0.167. The summed E-state index contributed by atoms with van der Waals surface area (Å²) in [4.78, 5) is 38.3. The van der Waals surface area contributed by atoms with E-state index in [1.165, 1.54) is 96.3 Å². The van der Waals surface area contributed by atoms with E-state index in [0.717, 1.165) is 122 Å². The van der Waals surface area contributed by atoms with Gasteiger partial charge in [-0.05, 0) is 128 Å². The first kappa shape index (κ1) is 70.5. The molecule has 1 unspecified atom stereocenters. The van der Waals surface area contributed by atoms with Crippen molar-refractivity contribution in [1.29, 1.82) is 0 Å². The average Bonchev–Trinajstić information content (AvgIpc) is 3.41. The molecule has 0 fully saturated rings. The SMILES string of the molecule is CC/C=C\C/C=C\C/C=C\C/C=C\C/C=C\CCCC(=O)OCC(COC(=O)CCCCCCCCCCC/C=C\C/C=C\CCCCCCC)OC(=O)CCCCCCCC/C=C\C/C=C\C/C=C\C/C=C\CC. The Balaban J connectivity index is 4.50. The largest absolute Gasteiger partial charge is 0.462 e. The smallest absolute Gasteiger partial charge is 0.306 e. The number of hydrogen-bond donors (Lipinski definition) is 0. The van der Waals surface area contributed by atoms with Crippen LogP contribution < -0.4 is 0 Å². The van der Waals surface area contributed by atoms with Gasteiger partial charge in [0.1, 0.15) is 13.2 Å². The van der Waals surface area contributed by atoms with Crippen molar-refractivity contribution in [3.63, 3.8) is 0 Å². The van der Waals surface area contributed by atoms with E-state index in [-0.39, 0.29) is 37.5 Å². The standard InChI is InChI=1S/C69H112O6/c1-4-7-10-13-16-19-22-25-28-31-33-34-36-38-41-44-47-50-53-56-59-62-68(71)74-65-66(64-73-67(70)61-58-55-52-49-46-43-40-37-30-27-24-21-18-15-12-9-6-3)75-69(72)63-60-57-54-51-48-45-42-39-35-32-29-26-23-20-17-14-11-8-5-2/h8-9,11-12,17-18,20-22,25-27,29-31,33,35,39-40,43,49,52,66H,4-7,10,13-16,19,23-24,28,32,34,36-38,41-42,44-48,50-51,53-65H2,1-3H3/b11-8-,12-9-,20-17-,21-18-,25-22-,29-26-,30-27-,33-31-,39-35-,43-40-,52-49-. The van der Waals surface area contributed by atoms with Gasteiger partial charge in [-0.2, -0.15) is 0 Å². The second-order valence-electron chi connectivity index (χ2n) is 19.8. The Hall–Kier alpha value is -4.45. The molecule has 0 aliphatic rings. The van der Waals surface area contributed by atoms with Gasteiger partial charge in [0.2, 0.25) is 0 Å². The number of unbranched alkanes of at least 4 members (excludes halogenated alkanes) is 21. The van der Waals surface area contributed by atoms with Crippen LogP contribution in [0, 0.1) is 0 Å². The fraction of sp³-hybridized carbons (Fsp3) is 0.638. The Morgan fingerprint density at radius 2 is 0.533 bits per heavy atom. The summed E-state index contributed by atoms with van der Waals surface area (Å²) in [6, 6.07) is 0. The van der Waals surface area contributed by atoms with Crippen LogP contribution in [0.4, 0.5) is 0 Å². The van der Waals surface area contributed by atoms with Crippen LogP contribution >= 0.6 is 0 Å². The minimum atomic E-state index is -0.817. The molecule has 6 heteroatoms. The first-order valence-corrected chi connectivity index (χ1v) is 30.7. The maximum absolute atomic E-state index is 12.9. The second kappa shape index (κ2) is 62.1. The number of esters is 3. The average molecular weight is 1040 g/mol. The van der Waals surface area contributed by atoms with Crippen molar-refractivity contribution in [3.8, 4) is 0 Å². The molecule has 1 atom stereocenters. The summed E-state index contributed by atoms with van der Waals surface area (Å²) in [6.07, 6.45) is 87.3. The lowest BCUT2D eigenvalue weighted by atomic mass is 10.1. The van der Waals surface area contributed by atoms with E-state index in [9.17, 15) is 14.4 Å². The molecule has 0 radical (unpaired) electrons. The van der Waals surface area contributed by atoms with Gasteiger partial charge in [-0.3, -0.25) is 14.4 Å². The van der Waals surface area contributed by atoms with Gasteiger partial charge in [-0.15, -0.1) is 0 Å². The molecule has 0 aliphatic heterocycles. The molecule has 0 amide bonds. The molecule has 0 aliphatic carbocycles. The number of hydrogen-bond acceptors (Lipinski definition) is 6. The summed E-state index contributed by atoms with van der Waals surface area (Å²) >= 11 is 0. The molecule has 0 saturated carbocycles. The fourth-order valence-corrected chi connectivity index (χ4v) is 8.09. The second-order valence-corrected chi connectivity index (χ2v) is 19.8. The van der Waals surface area contributed by atoms with Gasteiger partial charge in [0.05, 0.1) is 0 Å². The predicted molar refractivity (Wildman–Crippen MR) is 325 cm³/mol. The van der Waals surface area contributed by atoms with E-state index in [1.54, 1.807) is 0 Å². The highest BCUT2D eigenvalue weighted by Gasteiger charge is 2.19. The predicted octanol–water partition coefficient (Wildman–Crippen LogP) is 21.0. The Morgan fingerprint density at radius 3 is 0.867 bits per heavy atom. The number of allylic oxidation sites excluding steroid dienone is 22. The van der Waals surface area contributed by atoms with Crippen LogP contribution in [0.3, 0.4) is 0 Å². The number of rotatable bonds is 54. The van der Waals surface area contributed by atoms with E-state index in [2.05, 4.69) is 154 Å². The summed E-state index contributed by atoms with van der Waals surface area (Å²) in [5.74, 6) is -0.987. The zero-order valence-electron chi connectivity index (χ0n) is 48.5. The van der Waals surface area contributed by atoms with Crippen molar-refractivity contribution in [2.24, 2.45) is 0 Å². The van der Waals surface area contributed by atoms with Crippen LogP contribution in [0.2, 0.25) is 0 Å². The molecule has 424 valence electrons. The topological polar surface area (TPSA) is 78.9 Å². The van der Waals surface area contributed by atoms with Gasteiger partial charge in [-0.1, -0.05) is 251 Å². The van der Waals surface area contributed by atoms with Crippen LogP contribution in [0.25, 0.3) is 0 Å². The maximum atomic E-state index is 12.9. The van der Waals surface area contributed by atoms with Crippen LogP contribution in [0.5, 0.6) is 0 Å². The molecule has 75 heavy (non-hydrogen) atoms. The third-order valence-electron chi connectivity index (χ3n) is 12.6. The Labute approximate surface area is 462 Å². The van der Waals surface area contributed by atoms with Gasteiger partial charge in [-0.25, -0.2) is 0 Å². The quantitative estimate of drug-likeness (QED) is 0.0261. The monoisotopic (exact) mass is 1040 g/mol. The molecule has 0 spiro atoms. The molecule has 0 heterocycles. The van der Waals surface area contributed by atoms with E-state index in [0.29, 0.717) is 19.3 Å². The molecule has 0 bridgehead atoms. The highest BCUT2D eigenvalue weighted by atomic mass is 16.6. The van der Waals surface area contributed by atoms with Crippen molar-refractivity contribution < 1.29 is 28.6 Å². The van der Waals surface area contributed by atoms with Crippen molar-refractivity contribution in [2.75, 3.05) is 13.2 Å². The summed E-state index contributed by atoms with van der Waals surface area (Å²) in [6.45, 7) is 6.34. The summed E-state index contributed by atoms with van der Waals surface area (Å²) in [7, 11) is 0. The molecule has 0 aromatic carbocycles. The number of ether oxygens (including phenoxy) is 3. The van der Waals surface area contributed by atoms with E-state index < -0.39 is 6.10 Å². The highest BCUT2D eigenvalue weighted by Crippen LogP contribution is 2.14. The van der Waals surface area contributed by atoms with Crippen LogP contribution in [0.15, 0.2) is 134 Å². The zero-order chi connectivity index (χ0) is 54.3. The molecular formula is C69H112O6. The van der Waals surface area contributed by atoms with Gasteiger partial charge in [0.15, 0.2) is 6.10 Å². The first-order chi connectivity index (χ1) is 37.0. The molecule has 0 rings (SSSR count). The maximum Gasteiger partial charge on any atom is 0.306 e. The summed E-state index contributed by atoms with van der Waals surface area (Å²) < 4.78 is 16.9. The van der Waals surface area contributed by atoms with Crippen molar-refractivity contribution in [1.82, 2.24) is 0 Å². The van der Waals surface area contributed by atoms with Gasteiger partial charge in [0.25, 0.3) is 0 Å². The van der Waals surface area contributed by atoms with Crippen molar-refractivity contribution >= 4 is 17.9 Å². The molecule has 6 nitrogen and oxygen atoms in total. The van der Waals surface area contributed by atoms with Crippen LogP contribution in [-0.2, 0) is 28.6 Å². The molecular weight excluding hydrogens is 925 g/mol. The lowest BCUT2D eigenvalue weighted by Crippen LogP contribution is -2.30. The molecule has 0 N–H and O–H groups in total. The van der Waals surface area contributed by atoms with Gasteiger partial charge in [0, 0.05) is 19.3 Å². The fourth-order valence-electron chi connectivity index (χ4n) is 8.09. The van der Waals surface area contributed by atoms with E-state index >= 15 is 0 Å². The number of carbonyl (C=O) groups is 3. The number of carbonyl (C=O) groups excluding carboxylic acids is 3. The van der Waals surface area contributed by atoms with Crippen molar-refractivity contribution in [3.05, 3.63) is 134 Å². The lowest BCUT2D eigenvalue weighted by Gasteiger charge is -2.18. The zero-order valence-corrected chi connectivity index (χ0v) is 48.5. The van der Waals surface area contributed by atoms with Crippen LogP contribution in [-0.4, -0.2) is 37.2 Å². The minimum absolute atomic E-state index is 0.108. The molecule has 0 aromatic rings. The highest BCUT2D eigenvalue weighted by molar-refractivity contribution is 5.71. The normalized spacial score (nSPS) is 13.1. The van der Waals surface area contributed by atoms with E-state index in [1.807, 2.05) is 0 Å². The Bertz CT molecular complexity index is 1620. The van der Waals surface area contributed by atoms with Crippen molar-refractivity contribution in [2.45, 2.75) is 271 Å². The third kappa shape index (κ3) is 60.3. The summed E-state index contributed by atoms with van der Waals surface area (Å²) in [5.41, 5.74) is 0. The first-order valence-electron chi connectivity index (χ1n) is 30.7. The van der Waals surface area contributed by atoms with Crippen LogP contribution in [0.1, 0.15) is 265 Å². The minimum Gasteiger partial charge on any atom is -0.462 e. The van der Waals surface area contributed by atoms with E-state index in [4.69, 9.17) is 14.2 Å². The van der Waals surface area contributed by atoms with Gasteiger partial charge < -0.3 is 14.2 Å². The Kier molecular flexibility index (Phi) is 58.4. The van der Waals surface area contributed by atoms with Gasteiger partial charge >= 0.3 is 17.9 Å². The summed E-state index contributed by atoms with van der Waals surface area (Å²) in [5, 5.41) is 0. The molecule has 0 aromatic heterocycles. The molecule has 0 saturated heterocycles.